The molecule has 0 spiro atoms. The first kappa shape index (κ1) is 17.9. The van der Waals surface area contributed by atoms with Gasteiger partial charge in [0.25, 0.3) is 5.91 Å². The molecule has 0 aliphatic rings. The number of hydrogen-bond donors (Lipinski definition) is 1. The Kier molecular flexibility index (Phi) is 4.58. The Bertz CT molecular complexity index is 1380. The van der Waals surface area contributed by atoms with Crippen LogP contribution in [0.3, 0.4) is 0 Å². The molecule has 2 aromatic heterocycles. The molecule has 1 amide bonds. The molecule has 144 valence electrons. The third-order valence-corrected chi connectivity index (χ3v) is 4.97. The first-order chi connectivity index (χ1) is 14.8. The van der Waals surface area contributed by atoms with Crippen molar-refractivity contribution in [2.75, 3.05) is 5.32 Å². The minimum atomic E-state index is -0.199. The smallest absolute Gasteiger partial charge is 0.259 e. The number of furan rings is 1. The van der Waals surface area contributed by atoms with Gasteiger partial charge in [0.2, 0.25) is 0 Å². The minimum absolute atomic E-state index is 0.199. The molecule has 30 heavy (non-hydrogen) atoms. The fraction of sp³-hybridized carbons (Fsp3) is 0. The molecule has 0 atom stereocenters. The molecule has 0 unspecified atom stereocenters. The average molecular weight is 390 g/mol. The van der Waals surface area contributed by atoms with Crippen molar-refractivity contribution in [3.05, 3.63) is 108 Å². The van der Waals surface area contributed by atoms with Crippen molar-refractivity contribution in [1.29, 1.82) is 0 Å². The molecule has 0 bridgehead atoms. The van der Waals surface area contributed by atoms with Crippen LogP contribution in [0.5, 0.6) is 0 Å². The Labute approximate surface area is 173 Å². The highest BCUT2D eigenvalue weighted by Gasteiger charge is 2.15. The predicted molar refractivity (Wildman–Crippen MR) is 121 cm³/mol. The number of pyridine rings is 1. The van der Waals surface area contributed by atoms with E-state index in [9.17, 15) is 4.79 Å². The molecular formula is C26H18N2O2. The molecule has 0 saturated heterocycles. The van der Waals surface area contributed by atoms with Crippen LogP contribution >= 0.6 is 0 Å². The molecule has 5 rings (SSSR count). The second-order valence-electron chi connectivity index (χ2n) is 6.97. The SMILES string of the molecule is O=C(Nc1cccc(/C=C/c2ccncc2)c1)c1cccc2c1oc1ccccc12. The van der Waals surface area contributed by atoms with Gasteiger partial charge in [-0.25, -0.2) is 0 Å². The van der Waals surface area contributed by atoms with Gasteiger partial charge in [-0.3, -0.25) is 9.78 Å². The Hall–Kier alpha value is -4.18. The number of carbonyl (C=O) groups is 1. The summed E-state index contributed by atoms with van der Waals surface area (Å²) < 4.78 is 5.98. The van der Waals surface area contributed by atoms with Gasteiger partial charge in [0.05, 0.1) is 5.56 Å². The Morgan fingerprint density at radius 3 is 2.47 bits per heavy atom. The molecule has 1 N–H and O–H groups in total. The summed E-state index contributed by atoms with van der Waals surface area (Å²) in [6.07, 6.45) is 7.53. The molecule has 4 nitrogen and oxygen atoms in total. The molecule has 0 aliphatic carbocycles. The van der Waals surface area contributed by atoms with Crippen LogP contribution in [0.4, 0.5) is 5.69 Å². The number of anilines is 1. The van der Waals surface area contributed by atoms with Gasteiger partial charge in [-0.15, -0.1) is 0 Å². The van der Waals surface area contributed by atoms with E-state index in [0.29, 0.717) is 11.1 Å². The molecule has 5 aromatic rings. The maximum Gasteiger partial charge on any atom is 0.259 e. The zero-order chi connectivity index (χ0) is 20.3. The summed E-state index contributed by atoms with van der Waals surface area (Å²) >= 11 is 0. The van der Waals surface area contributed by atoms with Crippen molar-refractivity contribution in [3.8, 4) is 0 Å². The third-order valence-electron chi connectivity index (χ3n) is 4.97. The topological polar surface area (TPSA) is 55.1 Å². The summed E-state index contributed by atoms with van der Waals surface area (Å²) in [6.45, 7) is 0. The second kappa shape index (κ2) is 7.68. The van der Waals surface area contributed by atoms with Gasteiger partial charge in [0.15, 0.2) is 0 Å². The lowest BCUT2D eigenvalue weighted by molar-refractivity contribution is 0.102. The highest BCUT2D eigenvalue weighted by atomic mass is 16.3. The Morgan fingerprint density at radius 1 is 0.800 bits per heavy atom. The normalized spacial score (nSPS) is 11.3. The van der Waals surface area contributed by atoms with Crippen LogP contribution in [-0.4, -0.2) is 10.9 Å². The Morgan fingerprint density at radius 2 is 1.57 bits per heavy atom. The highest BCUT2D eigenvalue weighted by Crippen LogP contribution is 2.31. The fourth-order valence-electron chi connectivity index (χ4n) is 3.51. The summed E-state index contributed by atoms with van der Waals surface area (Å²) in [5.41, 5.74) is 4.68. The van der Waals surface area contributed by atoms with Crippen molar-refractivity contribution in [1.82, 2.24) is 4.98 Å². The van der Waals surface area contributed by atoms with E-state index in [4.69, 9.17) is 4.42 Å². The summed E-state index contributed by atoms with van der Waals surface area (Å²) in [6, 6.07) is 25.1. The summed E-state index contributed by atoms with van der Waals surface area (Å²) in [4.78, 5) is 17.0. The second-order valence-corrected chi connectivity index (χ2v) is 6.97. The Balaban J connectivity index is 1.43. The molecule has 0 radical (unpaired) electrons. The van der Waals surface area contributed by atoms with Gasteiger partial charge in [-0.1, -0.05) is 54.6 Å². The van der Waals surface area contributed by atoms with Crippen LogP contribution in [-0.2, 0) is 0 Å². The maximum absolute atomic E-state index is 13.0. The molecule has 0 saturated carbocycles. The minimum Gasteiger partial charge on any atom is -0.455 e. The summed E-state index contributed by atoms with van der Waals surface area (Å²) in [5.74, 6) is -0.199. The highest BCUT2D eigenvalue weighted by molar-refractivity contribution is 6.16. The number of nitrogens with zero attached hydrogens (tertiary/aromatic N) is 1. The lowest BCUT2D eigenvalue weighted by atomic mass is 10.1. The zero-order valence-corrected chi connectivity index (χ0v) is 16.1. The zero-order valence-electron chi connectivity index (χ0n) is 16.1. The average Bonchev–Trinajstić information content (AvgIpc) is 3.17. The molecule has 0 aliphatic heterocycles. The number of nitrogens with one attached hydrogen (secondary N) is 1. The van der Waals surface area contributed by atoms with Crippen LogP contribution in [0, 0.1) is 0 Å². The third kappa shape index (κ3) is 3.47. The lowest BCUT2D eigenvalue weighted by Gasteiger charge is -2.07. The van der Waals surface area contributed by atoms with Crippen molar-refractivity contribution < 1.29 is 9.21 Å². The van der Waals surface area contributed by atoms with Gasteiger partial charge in [-0.2, -0.15) is 0 Å². The number of amides is 1. The number of fused-ring (bicyclic) bond motifs is 3. The molecule has 0 fully saturated rings. The van der Waals surface area contributed by atoms with E-state index in [0.717, 1.165) is 33.2 Å². The van der Waals surface area contributed by atoms with Gasteiger partial charge >= 0.3 is 0 Å². The van der Waals surface area contributed by atoms with E-state index in [2.05, 4.69) is 10.3 Å². The van der Waals surface area contributed by atoms with Crippen LogP contribution in [0.1, 0.15) is 21.5 Å². The fourth-order valence-corrected chi connectivity index (χ4v) is 3.51. The standard InChI is InChI=1S/C26H18N2O2/c29-26(23-9-4-8-22-21-7-1-2-10-24(21)30-25(22)23)28-20-6-3-5-19(17-20)12-11-18-13-15-27-16-14-18/h1-17H,(H,28,29)/b12-11+. The number of rotatable bonds is 4. The number of benzene rings is 3. The van der Waals surface area contributed by atoms with Crippen LogP contribution in [0.15, 0.2) is 95.7 Å². The van der Waals surface area contributed by atoms with Gasteiger partial charge in [-0.05, 0) is 47.5 Å². The van der Waals surface area contributed by atoms with E-state index in [1.165, 1.54) is 0 Å². The number of aromatic nitrogens is 1. The number of para-hydroxylation sites is 2. The first-order valence-corrected chi connectivity index (χ1v) is 9.68. The molecule has 3 aromatic carbocycles. The van der Waals surface area contributed by atoms with Gasteiger partial charge in [0, 0.05) is 28.9 Å². The van der Waals surface area contributed by atoms with Crippen molar-refractivity contribution in [2.45, 2.75) is 0 Å². The summed E-state index contributed by atoms with van der Waals surface area (Å²) in [5, 5.41) is 4.93. The lowest BCUT2D eigenvalue weighted by Crippen LogP contribution is -2.12. The number of hydrogen-bond acceptors (Lipinski definition) is 3. The van der Waals surface area contributed by atoms with E-state index in [-0.39, 0.29) is 5.91 Å². The molecule has 2 heterocycles. The van der Waals surface area contributed by atoms with Crippen molar-refractivity contribution >= 4 is 45.7 Å². The summed E-state index contributed by atoms with van der Waals surface area (Å²) in [7, 11) is 0. The van der Waals surface area contributed by atoms with Gasteiger partial charge in [0.1, 0.15) is 11.2 Å². The monoisotopic (exact) mass is 390 g/mol. The van der Waals surface area contributed by atoms with E-state index < -0.39 is 0 Å². The van der Waals surface area contributed by atoms with E-state index in [1.54, 1.807) is 18.5 Å². The van der Waals surface area contributed by atoms with Crippen LogP contribution in [0.25, 0.3) is 34.1 Å². The van der Waals surface area contributed by atoms with Crippen LogP contribution in [0.2, 0.25) is 0 Å². The predicted octanol–water partition coefficient (Wildman–Crippen LogP) is 6.40. The largest absolute Gasteiger partial charge is 0.455 e. The molecular weight excluding hydrogens is 372 g/mol. The van der Waals surface area contributed by atoms with Gasteiger partial charge < -0.3 is 9.73 Å². The van der Waals surface area contributed by atoms with E-state index in [1.807, 2.05) is 84.9 Å². The van der Waals surface area contributed by atoms with Crippen LogP contribution < -0.4 is 5.32 Å². The molecule has 4 heteroatoms. The van der Waals surface area contributed by atoms with E-state index >= 15 is 0 Å². The van der Waals surface area contributed by atoms with Crippen molar-refractivity contribution in [2.24, 2.45) is 0 Å². The first-order valence-electron chi connectivity index (χ1n) is 9.68. The number of carbonyl (C=O) groups excluding carboxylic acids is 1. The van der Waals surface area contributed by atoms with Crippen molar-refractivity contribution in [3.63, 3.8) is 0 Å². The maximum atomic E-state index is 13.0. The quantitative estimate of drug-likeness (QED) is 0.386.